The Hall–Kier alpha value is -3.33. The number of urea groups is 1. The number of imide groups is 1. The molecule has 0 bridgehead atoms. The molecule has 27 heavy (non-hydrogen) atoms. The number of methoxy groups -OCH3 is 1. The van der Waals surface area contributed by atoms with E-state index in [0.29, 0.717) is 12.0 Å². The van der Waals surface area contributed by atoms with E-state index in [1.165, 1.54) is 4.90 Å². The van der Waals surface area contributed by atoms with Gasteiger partial charge in [0.15, 0.2) is 0 Å². The first kappa shape index (κ1) is 17.1. The minimum atomic E-state index is -0.996. The molecule has 1 atom stereocenters. The van der Waals surface area contributed by atoms with Crippen molar-refractivity contribution < 1.29 is 14.3 Å². The predicted molar refractivity (Wildman–Crippen MR) is 97.8 cm³/mol. The quantitative estimate of drug-likeness (QED) is 0.852. The summed E-state index contributed by atoms with van der Waals surface area (Å²) in [5, 5.41) is 11.9. The lowest BCUT2D eigenvalue weighted by Gasteiger charge is -2.33. The minimum absolute atomic E-state index is 0.184. The van der Waals surface area contributed by atoms with Crippen LogP contribution in [0, 0.1) is 11.3 Å². The second kappa shape index (κ2) is 6.44. The predicted octanol–water partition coefficient (Wildman–Crippen LogP) is 2.85. The minimum Gasteiger partial charge on any atom is -0.497 e. The number of hydrogen-bond donors (Lipinski definition) is 1. The molecule has 0 unspecified atom stereocenters. The molecule has 3 amide bonds. The SMILES string of the molecule is COc1ccc2c(c1)CCC[C@@]21NC(=O)N(Cc2ccc(C#N)cc2)C1=O. The van der Waals surface area contributed by atoms with Gasteiger partial charge >= 0.3 is 6.03 Å². The largest absolute Gasteiger partial charge is 0.497 e. The maximum absolute atomic E-state index is 13.3. The standard InChI is InChI=1S/C21H19N3O3/c1-27-17-8-9-18-16(11-17)3-2-10-21(18)19(25)24(20(26)23-21)13-15-6-4-14(12-22)5-7-15/h4-9,11H,2-3,10,13H2,1H3,(H,23,26)/t21-/m1/s1. The third-order valence-electron chi connectivity index (χ3n) is 5.37. The second-order valence-electron chi connectivity index (χ2n) is 6.91. The van der Waals surface area contributed by atoms with E-state index in [1.54, 1.807) is 31.4 Å². The molecule has 1 aliphatic heterocycles. The maximum Gasteiger partial charge on any atom is 0.325 e. The van der Waals surface area contributed by atoms with Gasteiger partial charge in [0.25, 0.3) is 5.91 Å². The zero-order valence-corrected chi connectivity index (χ0v) is 15.0. The zero-order valence-electron chi connectivity index (χ0n) is 15.0. The molecule has 2 aliphatic rings. The molecule has 136 valence electrons. The van der Waals surface area contributed by atoms with Crippen LogP contribution in [0.25, 0.3) is 0 Å². The average Bonchev–Trinajstić information content (AvgIpc) is 2.93. The van der Waals surface area contributed by atoms with Gasteiger partial charge in [0.1, 0.15) is 11.3 Å². The fourth-order valence-corrected chi connectivity index (χ4v) is 3.99. The van der Waals surface area contributed by atoms with Gasteiger partial charge in [0.2, 0.25) is 0 Å². The molecule has 6 heteroatoms. The van der Waals surface area contributed by atoms with Crippen LogP contribution in [-0.2, 0) is 23.3 Å². The van der Waals surface area contributed by atoms with E-state index in [1.807, 2.05) is 18.2 Å². The highest BCUT2D eigenvalue weighted by atomic mass is 16.5. The molecule has 1 fully saturated rings. The lowest BCUT2D eigenvalue weighted by Crippen LogP contribution is -2.46. The molecular weight excluding hydrogens is 342 g/mol. The summed E-state index contributed by atoms with van der Waals surface area (Å²) in [5.41, 5.74) is 2.25. The van der Waals surface area contributed by atoms with E-state index in [-0.39, 0.29) is 18.5 Å². The van der Waals surface area contributed by atoms with Crippen LogP contribution in [0.2, 0.25) is 0 Å². The van der Waals surface area contributed by atoms with Gasteiger partial charge in [-0.1, -0.05) is 18.2 Å². The number of ether oxygens (including phenoxy) is 1. The Bertz CT molecular complexity index is 962. The van der Waals surface area contributed by atoms with Crippen molar-refractivity contribution in [2.24, 2.45) is 0 Å². The Morgan fingerprint density at radius 2 is 2.00 bits per heavy atom. The summed E-state index contributed by atoms with van der Waals surface area (Å²) in [6, 6.07) is 14.2. The van der Waals surface area contributed by atoms with Crippen molar-refractivity contribution >= 4 is 11.9 Å². The molecule has 2 aromatic rings. The van der Waals surface area contributed by atoms with E-state index >= 15 is 0 Å². The smallest absolute Gasteiger partial charge is 0.325 e. The van der Waals surface area contributed by atoms with Crippen molar-refractivity contribution in [2.75, 3.05) is 7.11 Å². The molecule has 0 radical (unpaired) electrons. The zero-order chi connectivity index (χ0) is 19.0. The molecule has 2 aromatic carbocycles. The fraction of sp³-hybridized carbons (Fsp3) is 0.286. The highest BCUT2D eigenvalue weighted by Crippen LogP contribution is 2.41. The molecule has 1 spiro atoms. The summed E-state index contributed by atoms with van der Waals surface area (Å²) < 4.78 is 5.29. The van der Waals surface area contributed by atoms with Crippen LogP contribution in [0.1, 0.15) is 35.1 Å². The van der Waals surface area contributed by atoms with E-state index in [4.69, 9.17) is 10.00 Å². The third kappa shape index (κ3) is 2.72. The van der Waals surface area contributed by atoms with Crippen molar-refractivity contribution in [2.45, 2.75) is 31.3 Å². The highest BCUT2D eigenvalue weighted by Gasteiger charge is 2.53. The summed E-state index contributed by atoms with van der Waals surface area (Å²) in [4.78, 5) is 27.2. The second-order valence-corrected chi connectivity index (χ2v) is 6.91. The van der Waals surface area contributed by atoms with Gasteiger partial charge in [-0.2, -0.15) is 5.26 Å². The average molecular weight is 361 g/mol. The van der Waals surface area contributed by atoms with Crippen molar-refractivity contribution in [3.8, 4) is 11.8 Å². The lowest BCUT2D eigenvalue weighted by atomic mass is 9.76. The maximum atomic E-state index is 13.3. The van der Waals surface area contributed by atoms with Crippen LogP contribution >= 0.6 is 0 Å². The summed E-state index contributed by atoms with van der Waals surface area (Å²) >= 11 is 0. The summed E-state index contributed by atoms with van der Waals surface area (Å²) in [5.74, 6) is 0.528. The van der Waals surface area contributed by atoms with Gasteiger partial charge in [-0.15, -0.1) is 0 Å². The Kier molecular flexibility index (Phi) is 4.08. The number of nitriles is 1. The molecule has 0 saturated carbocycles. The number of fused-ring (bicyclic) bond motifs is 2. The van der Waals surface area contributed by atoms with Crippen molar-refractivity contribution in [1.29, 1.82) is 5.26 Å². The number of benzene rings is 2. The van der Waals surface area contributed by atoms with Crippen molar-refractivity contribution in [3.63, 3.8) is 0 Å². The molecule has 1 heterocycles. The first-order valence-corrected chi connectivity index (χ1v) is 8.88. The van der Waals surface area contributed by atoms with Gasteiger partial charge in [0.05, 0.1) is 25.3 Å². The summed E-state index contributed by atoms with van der Waals surface area (Å²) in [6.45, 7) is 0.184. The Morgan fingerprint density at radius 3 is 2.70 bits per heavy atom. The van der Waals surface area contributed by atoms with Crippen LogP contribution in [0.3, 0.4) is 0 Å². The van der Waals surface area contributed by atoms with Crippen LogP contribution in [0.5, 0.6) is 5.75 Å². The van der Waals surface area contributed by atoms with Gasteiger partial charge in [0, 0.05) is 0 Å². The molecule has 1 aliphatic carbocycles. The molecule has 4 rings (SSSR count). The first-order chi connectivity index (χ1) is 13.1. The van der Waals surface area contributed by atoms with Crippen LogP contribution < -0.4 is 10.1 Å². The van der Waals surface area contributed by atoms with E-state index in [9.17, 15) is 9.59 Å². The number of nitrogens with zero attached hydrogens (tertiary/aromatic N) is 2. The monoisotopic (exact) mass is 361 g/mol. The van der Waals surface area contributed by atoms with Gasteiger partial charge in [-0.25, -0.2) is 4.79 Å². The number of rotatable bonds is 3. The van der Waals surface area contributed by atoms with Crippen LogP contribution in [0.15, 0.2) is 42.5 Å². The van der Waals surface area contributed by atoms with Crippen molar-refractivity contribution in [3.05, 3.63) is 64.7 Å². The normalized spacial score (nSPS) is 21.0. The number of hydrogen-bond acceptors (Lipinski definition) is 4. The molecular formula is C21H19N3O3. The van der Waals surface area contributed by atoms with Crippen LogP contribution in [-0.4, -0.2) is 23.9 Å². The number of carbonyl (C=O) groups excluding carboxylic acids is 2. The number of carbonyl (C=O) groups is 2. The number of aryl methyl sites for hydroxylation is 1. The lowest BCUT2D eigenvalue weighted by molar-refractivity contribution is -0.132. The topological polar surface area (TPSA) is 82.4 Å². The third-order valence-corrected chi connectivity index (χ3v) is 5.37. The Balaban J connectivity index is 1.66. The number of amides is 3. The van der Waals surface area contributed by atoms with Crippen LogP contribution in [0.4, 0.5) is 4.79 Å². The van der Waals surface area contributed by atoms with E-state index in [2.05, 4.69) is 11.4 Å². The summed E-state index contributed by atoms with van der Waals surface area (Å²) in [6.07, 6.45) is 2.25. The fourth-order valence-electron chi connectivity index (χ4n) is 3.99. The summed E-state index contributed by atoms with van der Waals surface area (Å²) in [7, 11) is 1.61. The molecule has 6 nitrogen and oxygen atoms in total. The van der Waals surface area contributed by atoms with Gasteiger partial charge in [-0.3, -0.25) is 9.69 Å². The molecule has 0 aromatic heterocycles. The van der Waals surface area contributed by atoms with Gasteiger partial charge in [-0.05, 0) is 60.2 Å². The molecule has 1 saturated heterocycles. The first-order valence-electron chi connectivity index (χ1n) is 8.88. The number of nitrogens with one attached hydrogen (secondary N) is 1. The highest BCUT2D eigenvalue weighted by molar-refractivity contribution is 6.07. The van der Waals surface area contributed by atoms with Gasteiger partial charge < -0.3 is 10.1 Å². The molecule has 1 N–H and O–H groups in total. The van der Waals surface area contributed by atoms with Crippen molar-refractivity contribution in [1.82, 2.24) is 10.2 Å². The Morgan fingerprint density at radius 1 is 1.22 bits per heavy atom. The Labute approximate surface area is 157 Å². The van der Waals surface area contributed by atoms with E-state index in [0.717, 1.165) is 35.3 Å². The van der Waals surface area contributed by atoms with E-state index < -0.39 is 5.54 Å².